The van der Waals surface area contributed by atoms with E-state index in [9.17, 15) is 5.11 Å². The average Bonchev–Trinajstić information content (AvgIpc) is 2.18. The molecule has 0 aliphatic heterocycles. The zero-order valence-corrected chi connectivity index (χ0v) is 8.49. The third-order valence-corrected chi connectivity index (χ3v) is 2.56. The Bertz CT molecular complexity index is 458. The molecule has 2 rings (SSSR count). The molecule has 72 valence electrons. The monoisotopic (exact) mass is 186 g/mol. The lowest BCUT2D eigenvalue weighted by Gasteiger charge is -2.10. The minimum absolute atomic E-state index is 0.366. The van der Waals surface area contributed by atoms with Crippen molar-refractivity contribution in [1.29, 1.82) is 0 Å². The number of phenolic OH excluding ortho intramolecular Hbond substituents is 1. The molecule has 0 atom stereocenters. The van der Waals surface area contributed by atoms with Gasteiger partial charge in [0.05, 0.1) is 0 Å². The van der Waals surface area contributed by atoms with E-state index in [4.69, 9.17) is 0 Å². The van der Waals surface area contributed by atoms with Crippen LogP contribution in [-0.4, -0.2) is 5.11 Å². The van der Waals surface area contributed by atoms with Crippen LogP contribution in [0.15, 0.2) is 36.4 Å². The highest BCUT2D eigenvalue weighted by Crippen LogP contribution is 2.31. The van der Waals surface area contributed by atoms with Gasteiger partial charge in [0.15, 0.2) is 0 Å². The molecular weight excluding hydrogens is 172 g/mol. The van der Waals surface area contributed by atoms with Crippen molar-refractivity contribution in [3.8, 4) is 5.75 Å². The van der Waals surface area contributed by atoms with Crippen LogP contribution < -0.4 is 0 Å². The van der Waals surface area contributed by atoms with Gasteiger partial charge in [-0.25, -0.2) is 0 Å². The predicted molar refractivity (Wildman–Crippen MR) is 59.7 cm³/mol. The Morgan fingerprint density at radius 2 is 1.57 bits per heavy atom. The number of hydrogen-bond acceptors (Lipinski definition) is 1. The molecule has 14 heavy (non-hydrogen) atoms. The molecular formula is C13H14O. The van der Waals surface area contributed by atoms with Crippen LogP contribution in [0.5, 0.6) is 5.75 Å². The Hall–Kier alpha value is -1.50. The second-order valence-electron chi connectivity index (χ2n) is 3.87. The third kappa shape index (κ3) is 1.35. The molecule has 2 aromatic rings. The van der Waals surface area contributed by atoms with E-state index >= 15 is 0 Å². The van der Waals surface area contributed by atoms with Crippen molar-refractivity contribution in [3.63, 3.8) is 0 Å². The fourth-order valence-corrected chi connectivity index (χ4v) is 1.81. The summed E-state index contributed by atoms with van der Waals surface area (Å²) in [7, 11) is 0. The first-order chi connectivity index (χ1) is 6.70. The summed E-state index contributed by atoms with van der Waals surface area (Å²) in [4.78, 5) is 0. The first-order valence-corrected chi connectivity index (χ1v) is 4.91. The van der Waals surface area contributed by atoms with Crippen LogP contribution in [0.4, 0.5) is 0 Å². The molecule has 0 aromatic heterocycles. The number of aromatic hydroxyl groups is 1. The number of benzene rings is 2. The molecule has 1 N–H and O–H groups in total. The number of phenols is 1. The Kier molecular flexibility index (Phi) is 2.16. The Labute approximate surface area is 84.0 Å². The molecule has 0 fully saturated rings. The highest BCUT2D eigenvalue weighted by atomic mass is 16.3. The maximum Gasteiger partial charge on any atom is 0.123 e. The standard InChI is InChI=1S/C13H14O/c1-9(2)10-7-8-13(14)12-6-4-3-5-11(10)12/h3-9,14H,1-2H3. The molecule has 0 amide bonds. The third-order valence-electron chi connectivity index (χ3n) is 2.56. The second kappa shape index (κ2) is 3.33. The lowest BCUT2D eigenvalue weighted by Crippen LogP contribution is -1.88. The zero-order chi connectivity index (χ0) is 10.1. The van der Waals surface area contributed by atoms with Crippen LogP contribution in [0.1, 0.15) is 25.3 Å². The number of rotatable bonds is 1. The van der Waals surface area contributed by atoms with Crippen LogP contribution in [0.2, 0.25) is 0 Å². The second-order valence-corrected chi connectivity index (χ2v) is 3.87. The molecule has 0 radical (unpaired) electrons. The van der Waals surface area contributed by atoms with E-state index in [1.807, 2.05) is 24.3 Å². The van der Waals surface area contributed by atoms with Crippen molar-refractivity contribution < 1.29 is 5.11 Å². The van der Waals surface area contributed by atoms with E-state index < -0.39 is 0 Å². The van der Waals surface area contributed by atoms with Crippen molar-refractivity contribution in [2.45, 2.75) is 19.8 Å². The summed E-state index contributed by atoms with van der Waals surface area (Å²) in [5, 5.41) is 11.8. The molecule has 0 spiro atoms. The van der Waals surface area contributed by atoms with E-state index in [-0.39, 0.29) is 0 Å². The molecule has 0 heterocycles. The first kappa shape index (κ1) is 9.07. The quantitative estimate of drug-likeness (QED) is 0.720. The lowest BCUT2D eigenvalue weighted by molar-refractivity contribution is 0.481. The van der Waals surface area contributed by atoms with Crippen molar-refractivity contribution in [2.24, 2.45) is 0 Å². The van der Waals surface area contributed by atoms with Gasteiger partial charge in [0.25, 0.3) is 0 Å². The molecule has 0 unspecified atom stereocenters. The van der Waals surface area contributed by atoms with E-state index in [0.29, 0.717) is 11.7 Å². The van der Waals surface area contributed by atoms with Crippen molar-refractivity contribution in [2.75, 3.05) is 0 Å². The fourth-order valence-electron chi connectivity index (χ4n) is 1.81. The zero-order valence-electron chi connectivity index (χ0n) is 8.49. The molecule has 0 aliphatic carbocycles. The van der Waals surface area contributed by atoms with E-state index in [1.54, 1.807) is 6.07 Å². The summed E-state index contributed by atoms with van der Waals surface area (Å²) in [6.45, 7) is 4.33. The molecule has 0 bridgehead atoms. The SMILES string of the molecule is CC(C)c1ccc(O)c2ccccc12. The van der Waals surface area contributed by atoms with Crippen LogP contribution in [-0.2, 0) is 0 Å². The van der Waals surface area contributed by atoms with Gasteiger partial charge in [-0.2, -0.15) is 0 Å². The Morgan fingerprint density at radius 1 is 0.929 bits per heavy atom. The van der Waals surface area contributed by atoms with E-state index in [1.165, 1.54) is 5.56 Å². The van der Waals surface area contributed by atoms with Crippen LogP contribution in [0.3, 0.4) is 0 Å². The summed E-state index contributed by atoms with van der Waals surface area (Å²) in [5.74, 6) is 0.852. The summed E-state index contributed by atoms with van der Waals surface area (Å²) in [6, 6.07) is 11.8. The molecule has 0 saturated heterocycles. The lowest BCUT2D eigenvalue weighted by atomic mass is 9.96. The van der Waals surface area contributed by atoms with Gasteiger partial charge in [-0.15, -0.1) is 0 Å². The topological polar surface area (TPSA) is 20.2 Å². The summed E-state index contributed by atoms with van der Waals surface area (Å²) in [6.07, 6.45) is 0. The van der Waals surface area contributed by atoms with Gasteiger partial charge < -0.3 is 5.11 Å². The molecule has 0 saturated carbocycles. The fraction of sp³-hybridized carbons (Fsp3) is 0.231. The Morgan fingerprint density at radius 3 is 2.21 bits per heavy atom. The largest absolute Gasteiger partial charge is 0.507 e. The van der Waals surface area contributed by atoms with Crippen LogP contribution in [0, 0.1) is 0 Å². The van der Waals surface area contributed by atoms with Crippen LogP contribution >= 0.6 is 0 Å². The van der Waals surface area contributed by atoms with Crippen molar-refractivity contribution in [1.82, 2.24) is 0 Å². The van der Waals surface area contributed by atoms with Gasteiger partial charge in [0, 0.05) is 5.39 Å². The maximum atomic E-state index is 9.68. The van der Waals surface area contributed by atoms with Crippen LogP contribution in [0.25, 0.3) is 10.8 Å². The van der Waals surface area contributed by atoms with Gasteiger partial charge >= 0.3 is 0 Å². The van der Waals surface area contributed by atoms with Crippen molar-refractivity contribution >= 4 is 10.8 Å². The number of fused-ring (bicyclic) bond motifs is 1. The molecule has 1 nitrogen and oxygen atoms in total. The van der Waals surface area contributed by atoms with Gasteiger partial charge in [-0.05, 0) is 22.9 Å². The smallest absolute Gasteiger partial charge is 0.123 e. The minimum Gasteiger partial charge on any atom is -0.507 e. The highest BCUT2D eigenvalue weighted by molar-refractivity contribution is 5.91. The number of hydrogen-bond donors (Lipinski definition) is 1. The average molecular weight is 186 g/mol. The van der Waals surface area contributed by atoms with Gasteiger partial charge in [-0.1, -0.05) is 44.2 Å². The highest BCUT2D eigenvalue weighted by Gasteiger charge is 2.06. The first-order valence-electron chi connectivity index (χ1n) is 4.91. The summed E-state index contributed by atoms with van der Waals surface area (Å²) in [5.41, 5.74) is 1.29. The summed E-state index contributed by atoms with van der Waals surface area (Å²) >= 11 is 0. The summed E-state index contributed by atoms with van der Waals surface area (Å²) < 4.78 is 0. The van der Waals surface area contributed by atoms with Gasteiger partial charge in [-0.3, -0.25) is 0 Å². The van der Waals surface area contributed by atoms with Crippen molar-refractivity contribution in [3.05, 3.63) is 42.0 Å². The van der Waals surface area contributed by atoms with Gasteiger partial charge in [0.1, 0.15) is 5.75 Å². The Balaban J connectivity index is 2.82. The maximum absolute atomic E-state index is 9.68. The molecule has 0 aliphatic rings. The van der Waals surface area contributed by atoms with Gasteiger partial charge in [0.2, 0.25) is 0 Å². The van der Waals surface area contributed by atoms with E-state index in [0.717, 1.165) is 10.8 Å². The normalized spacial score (nSPS) is 11.1. The minimum atomic E-state index is 0.366. The molecule has 2 aromatic carbocycles. The molecule has 1 heteroatoms. The predicted octanol–water partition coefficient (Wildman–Crippen LogP) is 3.67. The van der Waals surface area contributed by atoms with E-state index in [2.05, 4.69) is 19.9 Å².